The van der Waals surface area contributed by atoms with Gasteiger partial charge in [0.25, 0.3) is 5.91 Å². The zero-order chi connectivity index (χ0) is 16.4. The van der Waals surface area contributed by atoms with E-state index in [4.69, 9.17) is 0 Å². The SMILES string of the molecule is Cc1nc2cc(CCNC(=O)c3cccs3)ccc2n1C(C)C. The van der Waals surface area contributed by atoms with Gasteiger partial charge in [-0.25, -0.2) is 4.98 Å². The molecule has 0 radical (unpaired) electrons. The van der Waals surface area contributed by atoms with Crippen molar-refractivity contribution < 1.29 is 4.79 Å². The lowest BCUT2D eigenvalue weighted by Crippen LogP contribution is -2.24. The molecule has 0 unspecified atom stereocenters. The van der Waals surface area contributed by atoms with Crippen molar-refractivity contribution in [2.75, 3.05) is 6.54 Å². The lowest BCUT2D eigenvalue weighted by Gasteiger charge is -2.10. The first-order valence-corrected chi connectivity index (χ1v) is 8.73. The fourth-order valence-electron chi connectivity index (χ4n) is 2.89. The smallest absolute Gasteiger partial charge is 0.261 e. The van der Waals surface area contributed by atoms with Gasteiger partial charge in [-0.2, -0.15) is 0 Å². The van der Waals surface area contributed by atoms with Crippen LogP contribution in [0.15, 0.2) is 35.7 Å². The number of fused-ring (bicyclic) bond motifs is 1. The molecule has 0 atom stereocenters. The van der Waals surface area contributed by atoms with Gasteiger partial charge in [-0.15, -0.1) is 11.3 Å². The van der Waals surface area contributed by atoms with E-state index < -0.39 is 0 Å². The Bertz CT molecular complexity index is 818. The predicted molar refractivity (Wildman–Crippen MR) is 95.2 cm³/mol. The minimum atomic E-state index is 0.000934. The predicted octanol–water partition coefficient (Wildman–Crippen LogP) is 3.96. The fraction of sp³-hybridized carbons (Fsp3) is 0.333. The summed E-state index contributed by atoms with van der Waals surface area (Å²) >= 11 is 1.46. The Morgan fingerprint density at radius 3 is 2.87 bits per heavy atom. The largest absolute Gasteiger partial charge is 0.351 e. The van der Waals surface area contributed by atoms with Gasteiger partial charge in [0.15, 0.2) is 0 Å². The van der Waals surface area contributed by atoms with Gasteiger partial charge in [-0.05, 0) is 56.3 Å². The average molecular weight is 327 g/mol. The summed E-state index contributed by atoms with van der Waals surface area (Å²) in [5.41, 5.74) is 3.39. The third-order valence-corrected chi connectivity index (χ3v) is 4.76. The van der Waals surface area contributed by atoms with Gasteiger partial charge in [0, 0.05) is 12.6 Å². The van der Waals surface area contributed by atoms with Gasteiger partial charge >= 0.3 is 0 Å². The third kappa shape index (κ3) is 3.29. The molecule has 0 aliphatic rings. The van der Waals surface area contributed by atoms with Crippen LogP contribution in [0, 0.1) is 6.92 Å². The summed E-state index contributed by atoms with van der Waals surface area (Å²) in [5, 5.41) is 4.88. The van der Waals surface area contributed by atoms with Crippen molar-refractivity contribution in [2.24, 2.45) is 0 Å². The van der Waals surface area contributed by atoms with Crippen LogP contribution in [0.4, 0.5) is 0 Å². The molecule has 2 aromatic heterocycles. The molecule has 3 rings (SSSR count). The van der Waals surface area contributed by atoms with Crippen molar-refractivity contribution >= 4 is 28.3 Å². The standard InChI is InChI=1S/C18H21N3OS/c1-12(2)21-13(3)20-15-11-14(6-7-16(15)21)8-9-19-18(22)17-5-4-10-23-17/h4-7,10-12H,8-9H2,1-3H3,(H,19,22). The molecule has 0 spiro atoms. The molecule has 0 aliphatic heterocycles. The molecule has 0 aliphatic carbocycles. The number of hydrogen-bond acceptors (Lipinski definition) is 3. The van der Waals surface area contributed by atoms with Crippen molar-refractivity contribution in [3.05, 3.63) is 52.0 Å². The molecule has 4 nitrogen and oxygen atoms in total. The van der Waals surface area contributed by atoms with E-state index in [9.17, 15) is 4.79 Å². The number of carbonyl (C=O) groups is 1. The molecule has 0 fully saturated rings. The van der Waals surface area contributed by atoms with E-state index >= 15 is 0 Å². The highest BCUT2D eigenvalue weighted by molar-refractivity contribution is 7.12. The maximum atomic E-state index is 11.9. The molecule has 0 bridgehead atoms. The number of rotatable bonds is 5. The minimum absolute atomic E-state index is 0.000934. The number of nitrogens with one attached hydrogen (secondary N) is 1. The third-order valence-electron chi connectivity index (χ3n) is 3.89. The van der Waals surface area contributed by atoms with Gasteiger partial charge in [0.05, 0.1) is 15.9 Å². The van der Waals surface area contributed by atoms with Crippen LogP contribution in [-0.4, -0.2) is 22.0 Å². The second-order valence-electron chi connectivity index (χ2n) is 5.93. The van der Waals surface area contributed by atoms with Gasteiger partial charge in [-0.1, -0.05) is 12.1 Å². The number of aromatic nitrogens is 2. The number of nitrogens with zero attached hydrogens (tertiary/aromatic N) is 2. The number of carbonyl (C=O) groups excluding carboxylic acids is 1. The highest BCUT2D eigenvalue weighted by Crippen LogP contribution is 2.22. The van der Waals surface area contributed by atoms with Crippen LogP contribution in [0.25, 0.3) is 11.0 Å². The fourth-order valence-corrected chi connectivity index (χ4v) is 3.53. The van der Waals surface area contributed by atoms with E-state index in [0.717, 1.165) is 22.6 Å². The molecule has 1 amide bonds. The quantitative estimate of drug-likeness (QED) is 0.771. The van der Waals surface area contributed by atoms with E-state index in [-0.39, 0.29) is 5.91 Å². The van der Waals surface area contributed by atoms with Gasteiger partial charge in [-0.3, -0.25) is 4.79 Å². The second-order valence-corrected chi connectivity index (χ2v) is 6.88. The van der Waals surface area contributed by atoms with E-state index in [1.807, 2.05) is 24.4 Å². The maximum absolute atomic E-state index is 11.9. The van der Waals surface area contributed by atoms with Crippen molar-refractivity contribution in [3.8, 4) is 0 Å². The molecular formula is C18H21N3OS. The Morgan fingerprint density at radius 1 is 1.35 bits per heavy atom. The van der Waals surface area contributed by atoms with Crippen molar-refractivity contribution in [2.45, 2.75) is 33.2 Å². The van der Waals surface area contributed by atoms with Gasteiger partial charge < -0.3 is 9.88 Å². The van der Waals surface area contributed by atoms with Crippen LogP contribution < -0.4 is 5.32 Å². The molecule has 3 aromatic rings. The topological polar surface area (TPSA) is 46.9 Å². The maximum Gasteiger partial charge on any atom is 0.261 e. The van der Waals surface area contributed by atoms with Crippen LogP contribution in [0.5, 0.6) is 0 Å². The van der Waals surface area contributed by atoms with E-state index in [1.54, 1.807) is 0 Å². The zero-order valence-corrected chi connectivity index (χ0v) is 14.5. The van der Waals surface area contributed by atoms with Crippen molar-refractivity contribution in [1.29, 1.82) is 0 Å². The Kier molecular flexibility index (Phi) is 4.48. The molecule has 0 saturated heterocycles. The summed E-state index contributed by atoms with van der Waals surface area (Å²) < 4.78 is 2.25. The van der Waals surface area contributed by atoms with Crippen molar-refractivity contribution in [1.82, 2.24) is 14.9 Å². The first-order chi connectivity index (χ1) is 11.1. The summed E-state index contributed by atoms with van der Waals surface area (Å²) in [7, 11) is 0. The van der Waals surface area contributed by atoms with Gasteiger partial charge in [0.1, 0.15) is 5.82 Å². The van der Waals surface area contributed by atoms with E-state index in [2.05, 4.69) is 46.9 Å². The highest BCUT2D eigenvalue weighted by Gasteiger charge is 2.11. The first kappa shape index (κ1) is 15.7. The Balaban J connectivity index is 1.68. The Hall–Kier alpha value is -2.14. The molecule has 120 valence electrons. The van der Waals surface area contributed by atoms with E-state index in [1.165, 1.54) is 22.4 Å². The number of aryl methyl sites for hydroxylation is 1. The number of amides is 1. The summed E-state index contributed by atoms with van der Waals surface area (Å²) in [6.45, 7) is 7.01. The van der Waals surface area contributed by atoms with E-state index in [0.29, 0.717) is 12.6 Å². The molecule has 23 heavy (non-hydrogen) atoms. The number of imidazole rings is 1. The summed E-state index contributed by atoms with van der Waals surface area (Å²) in [6, 6.07) is 10.5. The minimum Gasteiger partial charge on any atom is -0.351 e. The Morgan fingerprint density at radius 2 is 2.17 bits per heavy atom. The van der Waals surface area contributed by atoms with Gasteiger partial charge in [0.2, 0.25) is 0 Å². The molecule has 1 aromatic carbocycles. The normalized spacial score (nSPS) is 11.3. The number of benzene rings is 1. The van der Waals surface area contributed by atoms with Crippen LogP contribution in [0.3, 0.4) is 0 Å². The Labute approximate surface area is 140 Å². The van der Waals surface area contributed by atoms with Crippen LogP contribution >= 0.6 is 11.3 Å². The lowest BCUT2D eigenvalue weighted by atomic mass is 10.1. The van der Waals surface area contributed by atoms with Crippen LogP contribution in [-0.2, 0) is 6.42 Å². The summed E-state index contributed by atoms with van der Waals surface area (Å²) in [5.74, 6) is 1.04. The molecule has 5 heteroatoms. The van der Waals surface area contributed by atoms with Crippen LogP contribution in [0.1, 0.15) is 40.9 Å². The monoisotopic (exact) mass is 327 g/mol. The average Bonchev–Trinajstić information content (AvgIpc) is 3.13. The van der Waals surface area contributed by atoms with Crippen molar-refractivity contribution in [3.63, 3.8) is 0 Å². The number of thiophene rings is 1. The van der Waals surface area contributed by atoms with Crippen LogP contribution in [0.2, 0.25) is 0 Å². The molecular weight excluding hydrogens is 306 g/mol. The number of hydrogen-bond donors (Lipinski definition) is 1. The zero-order valence-electron chi connectivity index (χ0n) is 13.7. The molecule has 2 heterocycles. The highest BCUT2D eigenvalue weighted by atomic mass is 32.1. The molecule has 1 N–H and O–H groups in total. The molecule has 0 saturated carbocycles. The summed E-state index contributed by atoms with van der Waals surface area (Å²) in [4.78, 5) is 17.3. The first-order valence-electron chi connectivity index (χ1n) is 7.85. The second kappa shape index (κ2) is 6.54. The lowest BCUT2D eigenvalue weighted by molar-refractivity contribution is 0.0958. The summed E-state index contributed by atoms with van der Waals surface area (Å²) in [6.07, 6.45) is 0.806.